The van der Waals surface area contributed by atoms with E-state index in [1.807, 2.05) is 0 Å². The maximum absolute atomic E-state index is 12.2. The molecule has 104 valence electrons. The average Bonchev–Trinajstić information content (AvgIpc) is 2.30. The summed E-state index contributed by atoms with van der Waals surface area (Å²) < 4.78 is 33.0. The maximum atomic E-state index is 12.2. The molecular weight excluding hydrogens is 266 g/mol. The molecule has 1 rings (SSSR count). The molecule has 0 saturated carbocycles. The van der Waals surface area contributed by atoms with Crippen LogP contribution in [0.25, 0.3) is 0 Å². The zero-order valence-corrected chi connectivity index (χ0v) is 9.76. The summed E-state index contributed by atoms with van der Waals surface area (Å²) in [6, 6.07) is 1.71. The Morgan fingerprint density at radius 3 is 2.63 bits per heavy atom. The molecule has 0 aliphatic carbocycles. The van der Waals surface area contributed by atoms with Gasteiger partial charge in [-0.1, -0.05) is 0 Å². The van der Waals surface area contributed by atoms with Crippen molar-refractivity contribution in [3.8, 4) is 5.75 Å². The van der Waals surface area contributed by atoms with Gasteiger partial charge >= 0.3 is 12.6 Å². The number of nitro benzene ring substituents is 1. The Morgan fingerprint density at radius 1 is 1.53 bits per heavy atom. The number of nitro groups is 1. The van der Waals surface area contributed by atoms with Crippen LogP contribution in [0.1, 0.15) is 17.3 Å². The molecule has 0 aliphatic rings. The van der Waals surface area contributed by atoms with E-state index in [1.165, 1.54) is 6.92 Å². The van der Waals surface area contributed by atoms with E-state index in [1.54, 1.807) is 0 Å². The molecule has 0 spiro atoms. The second-order valence-electron chi connectivity index (χ2n) is 3.26. The molecule has 19 heavy (non-hydrogen) atoms. The van der Waals surface area contributed by atoms with E-state index in [0.29, 0.717) is 0 Å². The van der Waals surface area contributed by atoms with Gasteiger partial charge < -0.3 is 15.2 Å². The summed E-state index contributed by atoms with van der Waals surface area (Å²) in [5.41, 5.74) is 3.74. The zero-order chi connectivity index (χ0) is 14.6. The summed E-state index contributed by atoms with van der Waals surface area (Å²) >= 11 is 0. The van der Waals surface area contributed by atoms with Crippen molar-refractivity contribution in [2.45, 2.75) is 13.5 Å². The van der Waals surface area contributed by atoms with Crippen molar-refractivity contribution in [2.24, 2.45) is 0 Å². The maximum Gasteiger partial charge on any atom is 0.387 e. The van der Waals surface area contributed by atoms with E-state index in [4.69, 9.17) is 5.73 Å². The highest BCUT2D eigenvalue weighted by molar-refractivity contribution is 5.92. The molecule has 0 heterocycles. The predicted molar refractivity (Wildman–Crippen MR) is 60.1 cm³/mol. The fourth-order valence-corrected chi connectivity index (χ4v) is 1.29. The first-order valence-corrected chi connectivity index (χ1v) is 5.06. The van der Waals surface area contributed by atoms with Crippen molar-refractivity contribution in [1.29, 1.82) is 0 Å². The van der Waals surface area contributed by atoms with E-state index in [2.05, 4.69) is 9.47 Å². The van der Waals surface area contributed by atoms with Crippen LogP contribution >= 0.6 is 0 Å². The minimum Gasteiger partial charge on any atom is -0.462 e. The van der Waals surface area contributed by atoms with E-state index in [-0.39, 0.29) is 12.2 Å². The second-order valence-corrected chi connectivity index (χ2v) is 3.26. The van der Waals surface area contributed by atoms with Crippen LogP contribution in [-0.4, -0.2) is 24.1 Å². The van der Waals surface area contributed by atoms with E-state index in [0.717, 1.165) is 12.1 Å². The highest BCUT2D eigenvalue weighted by Crippen LogP contribution is 2.34. The number of nitrogen functional groups attached to an aromatic ring is 1. The van der Waals surface area contributed by atoms with Crippen LogP contribution in [0.15, 0.2) is 12.1 Å². The fourth-order valence-electron chi connectivity index (χ4n) is 1.29. The van der Waals surface area contributed by atoms with Crippen molar-refractivity contribution in [1.82, 2.24) is 0 Å². The molecule has 2 N–H and O–H groups in total. The molecule has 0 atom stereocenters. The molecule has 0 amide bonds. The minimum absolute atomic E-state index is 0.0298. The SMILES string of the molecule is CCOC(=O)c1cc(OC(F)F)c(N)c([N+](=O)[O-])c1. The van der Waals surface area contributed by atoms with Crippen LogP contribution in [0, 0.1) is 10.1 Å². The Kier molecular flexibility index (Phi) is 4.56. The Balaban J connectivity index is 3.30. The summed E-state index contributed by atoms with van der Waals surface area (Å²) in [4.78, 5) is 21.3. The van der Waals surface area contributed by atoms with Gasteiger partial charge in [0.1, 0.15) is 0 Å². The second kappa shape index (κ2) is 5.94. The standard InChI is InChI=1S/C10H10F2N2O5/c1-2-18-9(15)5-3-6(14(16)17)8(13)7(4-5)19-10(11)12/h3-4,10H,2,13H2,1H3. The Morgan fingerprint density at radius 2 is 2.16 bits per heavy atom. The number of ether oxygens (including phenoxy) is 2. The third-order valence-corrected chi connectivity index (χ3v) is 2.04. The van der Waals surface area contributed by atoms with Crippen molar-refractivity contribution in [2.75, 3.05) is 12.3 Å². The lowest BCUT2D eigenvalue weighted by Crippen LogP contribution is -2.10. The van der Waals surface area contributed by atoms with Crippen LogP contribution in [-0.2, 0) is 4.74 Å². The molecule has 0 unspecified atom stereocenters. The third-order valence-electron chi connectivity index (χ3n) is 2.04. The number of halogens is 2. The Labute approximate surface area is 106 Å². The molecule has 1 aromatic rings. The van der Waals surface area contributed by atoms with Crippen LogP contribution < -0.4 is 10.5 Å². The molecule has 1 aromatic carbocycles. The number of carbonyl (C=O) groups excluding carboxylic acids is 1. The number of nitrogens with two attached hydrogens (primary N) is 1. The molecule has 0 aliphatic heterocycles. The van der Waals surface area contributed by atoms with Crippen molar-refractivity contribution < 1.29 is 28.0 Å². The Bertz CT molecular complexity index is 507. The largest absolute Gasteiger partial charge is 0.462 e. The normalized spacial score (nSPS) is 10.3. The number of carbonyl (C=O) groups is 1. The summed E-state index contributed by atoms with van der Waals surface area (Å²) in [6.45, 7) is -1.67. The van der Waals surface area contributed by atoms with Gasteiger partial charge in [0.15, 0.2) is 11.4 Å². The van der Waals surface area contributed by atoms with Gasteiger partial charge in [0.25, 0.3) is 5.69 Å². The molecule has 0 bridgehead atoms. The highest BCUT2D eigenvalue weighted by atomic mass is 19.3. The van der Waals surface area contributed by atoms with E-state index >= 15 is 0 Å². The van der Waals surface area contributed by atoms with Gasteiger partial charge in [-0.25, -0.2) is 4.79 Å². The third kappa shape index (κ3) is 3.50. The number of esters is 1. The van der Waals surface area contributed by atoms with Crippen molar-refractivity contribution in [3.05, 3.63) is 27.8 Å². The number of anilines is 1. The smallest absolute Gasteiger partial charge is 0.387 e. The number of hydrogen-bond acceptors (Lipinski definition) is 6. The number of hydrogen-bond donors (Lipinski definition) is 1. The van der Waals surface area contributed by atoms with Crippen LogP contribution in [0.2, 0.25) is 0 Å². The van der Waals surface area contributed by atoms with Gasteiger partial charge in [-0.2, -0.15) is 8.78 Å². The zero-order valence-electron chi connectivity index (χ0n) is 9.76. The predicted octanol–water partition coefficient (Wildman–Crippen LogP) is 1.96. The molecule has 9 heteroatoms. The molecule has 0 fully saturated rings. The summed E-state index contributed by atoms with van der Waals surface area (Å²) in [7, 11) is 0. The quantitative estimate of drug-likeness (QED) is 0.381. The molecular formula is C10H10F2N2O5. The first-order valence-electron chi connectivity index (χ1n) is 5.06. The lowest BCUT2D eigenvalue weighted by molar-refractivity contribution is -0.384. The molecule has 7 nitrogen and oxygen atoms in total. The van der Waals surface area contributed by atoms with Gasteiger partial charge in [0, 0.05) is 6.07 Å². The van der Waals surface area contributed by atoms with Crippen LogP contribution in [0.5, 0.6) is 5.75 Å². The number of rotatable bonds is 5. The van der Waals surface area contributed by atoms with Crippen molar-refractivity contribution >= 4 is 17.3 Å². The average molecular weight is 276 g/mol. The number of nitrogens with zero attached hydrogens (tertiary/aromatic N) is 1. The topological polar surface area (TPSA) is 105 Å². The number of alkyl halides is 2. The van der Waals surface area contributed by atoms with Gasteiger partial charge in [0.2, 0.25) is 0 Å². The van der Waals surface area contributed by atoms with Gasteiger partial charge in [-0.05, 0) is 13.0 Å². The molecule has 0 saturated heterocycles. The molecule has 0 radical (unpaired) electrons. The summed E-state index contributed by atoms with van der Waals surface area (Å²) in [5, 5.41) is 10.7. The minimum atomic E-state index is -3.22. The van der Waals surface area contributed by atoms with Gasteiger partial charge in [-0.3, -0.25) is 10.1 Å². The monoisotopic (exact) mass is 276 g/mol. The lowest BCUT2D eigenvalue weighted by atomic mass is 10.1. The first-order chi connectivity index (χ1) is 8.86. The summed E-state index contributed by atoms with van der Waals surface area (Å²) in [6.07, 6.45) is 0. The van der Waals surface area contributed by atoms with Crippen LogP contribution in [0.3, 0.4) is 0 Å². The van der Waals surface area contributed by atoms with Gasteiger partial charge in [0.05, 0.1) is 17.1 Å². The fraction of sp³-hybridized carbons (Fsp3) is 0.300. The lowest BCUT2D eigenvalue weighted by Gasteiger charge is -2.10. The highest BCUT2D eigenvalue weighted by Gasteiger charge is 2.23. The van der Waals surface area contributed by atoms with E-state index in [9.17, 15) is 23.7 Å². The van der Waals surface area contributed by atoms with Crippen LogP contribution in [0.4, 0.5) is 20.2 Å². The molecule has 0 aromatic heterocycles. The first kappa shape index (κ1) is 14.6. The number of benzene rings is 1. The van der Waals surface area contributed by atoms with E-state index < -0.39 is 34.6 Å². The summed E-state index contributed by atoms with van der Waals surface area (Å²) in [5.74, 6) is -1.54. The van der Waals surface area contributed by atoms with Crippen molar-refractivity contribution in [3.63, 3.8) is 0 Å². The Hall–Kier alpha value is -2.45. The van der Waals surface area contributed by atoms with Gasteiger partial charge in [-0.15, -0.1) is 0 Å².